The minimum absolute atomic E-state index is 0.456. The second-order valence-electron chi connectivity index (χ2n) is 3.51. The van der Waals surface area contributed by atoms with Crippen molar-refractivity contribution in [1.82, 2.24) is 5.43 Å². The molecule has 0 unspecified atom stereocenters. The smallest absolute Gasteiger partial charge is 0.332 e. The zero-order valence-corrected chi connectivity index (χ0v) is 10.0. The Balaban J connectivity index is 2.99. The fraction of sp³-hybridized carbons (Fsp3) is 0.273. The number of carbonyl (C=O) groups excluding carboxylic acids is 1. The summed E-state index contributed by atoms with van der Waals surface area (Å²) in [5.74, 6) is 0.456. The van der Waals surface area contributed by atoms with E-state index in [4.69, 9.17) is 17.3 Å². The van der Waals surface area contributed by atoms with Gasteiger partial charge in [-0.2, -0.15) is 5.10 Å². The summed E-state index contributed by atoms with van der Waals surface area (Å²) in [6.45, 7) is 3.94. The van der Waals surface area contributed by atoms with E-state index in [9.17, 15) is 4.79 Å². The molecule has 1 aromatic rings. The Morgan fingerprint density at radius 3 is 2.81 bits per heavy atom. The minimum atomic E-state index is -0.681. The highest BCUT2D eigenvalue weighted by Gasteiger charge is 2.03. The molecule has 0 aliphatic carbocycles. The lowest BCUT2D eigenvalue weighted by Crippen LogP contribution is -2.24. The van der Waals surface area contributed by atoms with Crippen LogP contribution in [0.1, 0.15) is 22.3 Å². The van der Waals surface area contributed by atoms with Gasteiger partial charge in [0.15, 0.2) is 0 Å². The summed E-state index contributed by atoms with van der Waals surface area (Å²) in [5, 5.41) is 3.73. The number of primary amides is 1. The van der Waals surface area contributed by atoms with Gasteiger partial charge in [0.05, 0.1) is 6.21 Å². The molecule has 1 rings (SSSR count). The first-order valence-corrected chi connectivity index (χ1v) is 5.32. The van der Waals surface area contributed by atoms with Crippen molar-refractivity contribution in [3.8, 4) is 0 Å². The molecule has 86 valence electrons. The maximum Gasteiger partial charge on any atom is 0.332 e. The Morgan fingerprint density at radius 2 is 2.25 bits per heavy atom. The molecule has 1 aromatic carbocycles. The number of halogens is 1. The normalized spacial score (nSPS) is 10.7. The van der Waals surface area contributed by atoms with Crippen molar-refractivity contribution in [2.75, 3.05) is 0 Å². The SMILES string of the molecule is Cc1cc(/C=N\NC(N)=O)c(C)c(CCl)c1. The van der Waals surface area contributed by atoms with Crippen LogP contribution >= 0.6 is 11.6 Å². The number of urea groups is 1. The number of benzene rings is 1. The topological polar surface area (TPSA) is 67.5 Å². The number of amides is 2. The highest BCUT2D eigenvalue weighted by atomic mass is 35.5. The van der Waals surface area contributed by atoms with Crippen LogP contribution in [0.25, 0.3) is 0 Å². The molecule has 0 aliphatic rings. The molecule has 0 saturated carbocycles. The standard InChI is InChI=1S/C11H14ClN3O/c1-7-3-9(5-12)8(2)10(4-7)6-14-15-11(13)16/h3-4,6H,5H2,1-2H3,(H3,13,15,16)/b14-6-. The number of hydrogen-bond donors (Lipinski definition) is 2. The van der Waals surface area contributed by atoms with E-state index in [1.807, 2.05) is 26.0 Å². The lowest BCUT2D eigenvalue weighted by atomic mass is 10.0. The van der Waals surface area contributed by atoms with Crippen LogP contribution in [-0.4, -0.2) is 12.2 Å². The molecule has 0 atom stereocenters. The maximum absolute atomic E-state index is 10.4. The fourth-order valence-corrected chi connectivity index (χ4v) is 1.68. The average molecular weight is 240 g/mol. The molecule has 16 heavy (non-hydrogen) atoms. The van der Waals surface area contributed by atoms with E-state index in [1.54, 1.807) is 6.21 Å². The third kappa shape index (κ3) is 3.24. The quantitative estimate of drug-likeness (QED) is 0.473. The Hall–Kier alpha value is -1.55. The molecule has 0 aliphatic heterocycles. The van der Waals surface area contributed by atoms with Gasteiger partial charge in [-0.3, -0.25) is 0 Å². The van der Waals surface area contributed by atoms with Gasteiger partial charge in [0.25, 0.3) is 0 Å². The summed E-state index contributed by atoms with van der Waals surface area (Å²) in [6, 6.07) is 3.32. The molecule has 2 amide bonds. The minimum Gasteiger partial charge on any atom is -0.350 e. The molecule has 3 N–H and O–H groups in total. The molecular formula is C11H14ClN3O. The summed E-state index contributed by atoms with van der Waals surface area (Å²) in [5.41, 5.74) is 11.2. The Labute approximate surface area is 99.5 Å². The van der Waals surface area contributed by atoms with Crippen LogP contribution in [-0.2, 0) is 5.88 Å². The van der Waals surface area contributed by atoms with Crippen LogP contribution in [0.3, 0.4) is 0 Å². The van der Waals surface area contributed by atoms with E-state index in [2.05, 4.69) is 10.5 Å². The summed E-state index contributed by atoms with van der Waals surface area (Å²) in [4.78, 5) is 10.4. The monoisotopic (exact) mass is 239 g/mol. The molecule has 0 aromatic heterocycles. The van der Waals surface area contributed by atoms with Crippen molar-refractivity contribution >= 4 is 23.8 Å². The second-order valence-corrected chi connectivity index (χ2v) is 3.77. The van der Waals surface area contributed by atoms with Crippen molar-refractivity contribution in [3.05, 3.63) is 34.4 Å². The van der Waals surface area contributed by atoms with Gasteiger partial charge >= 0.3 is 6.03 Å². The fourth-order valence-electron chi connectivity index (χ4n) is 1.40. The lowest BCUT2D eigenvalue weighted by molar-refractivity contribution is 0.249. The van der Waals surface area contributed by atoms with Gasteiger partial charge in [0.2, 0.25) is 0 Å². The van der Waals surface area contributed by atoms with Crippen LogP contribution < -0.4 is 11.2 Å². The number of nitrogens with zero attached hydrogens (tertiary/aromatic N) is 1. The molecule has 0 bridgehead atoms. The molecule has 0 radical (unpaired) electrons. The van der Waals surface area contributed by atoms with Crippen molar-refractivity contribution < 1.29 is 4.79 Å². The van der Waals surface area contributed by atoms with Gasteiger partial charge in [-0.1, -0.05) is 17.7 Å². The Morgan fingerprint density at radius 1 is 1.56 bits per heavy atom. The van der Waals surface area contributed by atoms with Crippen LogP contribution in [0.2, 0.25) is 0 Å². The average Bonchev–Trinajstić information content (AvgIpc) is 2.22. The van der Waals surface area contributed by atoms with Crippen molar-refractivity contribution in [1.29, 1.82) is 0 Å². The maximum atomic E-state index is 10.4. The first-order chi connectivity index (χ1) is 7.54. The van der Waals surface area contributed by atoms with Gasteiger partial charge in [-0.05, 0) is 30.5 Å². The summed E-state index contributed by atoms with van der Waals surface area (Å²) in [7, 11) is 0. The molecule has 0 fully saturated rings. The van der Waals surface area contributed by atoms with Crippen LogP contribution in [0.5, 0.6) is 0 Å². The third-order valence-electron chi connectivity index (χ3n) is 2.22. The Bertz CT molecular complexity index is 429. The zero-order chi connectivity index (χ0) is 12.1. The third-order valence-corrected chi connectivity index (χ3v) is 2.51. The molecule has 0 heterocycles. The molecular weight excluding hydrogens is 226 g/mol. The zero-order valence-electron chi connectivity index (χ0n) is 9.25. The summed E-state index contributed by atoms with van der Waals surface area (Å²) in [6.07, 6.45) is 1.56. The number of hydrazone groups is 1. The van der Waals surface area contributed by atoms with E-state index in [1.165, 1.54) is 0 Å². The molecule has 0 saturated heterocycles. The number of hydrogen-bond acceptors (Lipinski definition) is 2. The molecule has 5 heteroatoms. The molecule has 0 spiro atoms. The highest BCUT2D eigenvalue weighted by Crippen LogP contribution is 2.17. The van der Waals surface area contributed by atoms with Gasteiger partial charge in [-0.15, -0.1) is 11.6 Å². The van der Waals surface area contributed by atoms with Crippen LogP contribution in [0.4, 0.5) is 4.79 Å². The van der Waals surface area contributed by atoms with E-state index < -0.39 is 6.03 Å². The van der Waals surface area contributed by atoms with E-state index >= 15 is 0 Å². The number of nitrogens with two attached hydrogens (primary N) is 1. The second kappa shape index (κ2) is 5.51. The van der Waals surface area contributed by atoms with Crippen molar-refractivity contribution in [2.24, 2.45) is 10.8 Å². The Kier molecular flexibility index (Phi) is 4.31. The number of carbonyl (C=O) groups is 1. The number of aryl methyl sites for hydroxylation is 1. The summed E-state index contributed by atoms with van der Waals surface area (Å²) < 4.78 is 0. The first-order valence-electron chi connectivity index (χ1n) is 4.79. The number of rotatable bonds is 3. The van der Waals surface area contributed by atoms with Crippen LogP contribution in [0.15, 0.2) is 17.2 Å². The predicted octanol–water partition coefficient (Wildman–Crippen LogP) is 2.04. The number of alkyl halides is 1. The lowest BCUT2D eigenvalue weighted by Gasteiger charge is -2.07. The van der Waals surface area contributed by atoms with Gasteiger partial charge < -0.3 is 5.73 Å². The van der Waals surface area contributed by atoms with Gasteiger partial charge in [0.1, 0.15) is 0 Å². The van der Waals surface area contributed by atoms with Crippen LogP contribution in [0, 0.1) is 13.8 Å². The number of nitrogens with one attached hydrogen (secondary N) is 1. The summed E-state index contributed by atoms with van der Waals surface area (Å²) >= 11 is 5.83. The highest BCUT2D eigenvalue weighted by molar-refractivity contribution is 6.17. The first kappa shape index (κ1) is 12.5. The molecule has 4 nitrogen and oxygen atoms in total. The van der Waals surface area contributed by atoms with E-state index in [0.29, 0.717) is 5.88 Å². The van der Waals surface area contributed by atoms with E-state index in [0.717, 1.165) is 22.3 Å². The van der Waals surface area contributed by atoms with Gasteiger partial charge in [0, 0.05) is 5.88 Å². The van der Waals surface area contributed by atoms with Crippen molar-refractivity contribution in [3.63, 3.8) is 0 Å². The largest absolute Gasteiger partial charge is 0.350 e. The van der Waals surface area contributed by atoms with E-state index in [-0.39, 0.29) is 0 Å². The van der Waals surface area contributed by atoms with Gasteiger partial charge in [-0.25, -0.2) is 10.2 Å². The van der Waals surface area contributed by atoms with Crippen molar-refractivity contribution in [2.45, 2.75) is 19.7 Å². The predicted molar refractivity (Wildman–Crippen MR) is 65.8 cm³/mol.